The standard InChI is InChI=1S/C20H20F3N5S2/c1-11-4-3-5-12(2)15(11)28-16-17(24)27(10-26-18(16)29-19(28)25)13-6-8-14(9-7-13)30-20(21,22)23/h3-10,17,19H,24-25H2,1-2H3. The topological polar surface area (TPSA) is 70.9 Å². The second-order valence-electron chi connectivity index (χ2n) is 6.95. The molecule has 30 heavy (non-hydrogen) atoms. The van der Waals surface area contributed by atoms with Crippen LogP contribution >= 0.6 is 23.5 Å². The summed E-state index contributed by atoms with van der Waals surface area (Å²) in [5.41, 5.74) is 12.9. The van der Waals surface area contributed by atoms with E-state index in [1.54, 1.807) is 23.4 Å². The van der Waals surface area contributed by atoms with Gasteiger partial charge in [-0.1, -0.05) is 30.0 Å². The molecule has 2 aromatic rings. The number of hydrogen-bond donors (Lipinski definition) is 2. The number of benzene rings is 2. The second-order valence-corrected chi connectivity index (χ2v) is 9.19. The van der Waals surface area contributed by atoms with Crippen molar-refractivity contribution in [3.05, 3.63) is 64.3 Å². The number of anilines is 2. The molecule has 0 radical (unpaired) electrons. The first kappa shape index (κ1) is 21.1. The Labute approximate surface area is 181 Å². The number of nitrogens with zero attached hydrogens (tertiary/aromatic N) is 3. The monoisotopic (exact) mass is 451 g/mol. The largest absolute Gasteiger partial charge is 0.446 e. The van der Waals surface area contributed by atoms with Crippen LogP contribution in [-0.2, 0) is 0 Å². The van der Waals surface area contributed by atoms with Crippen LogP contribution in [0.5, 0.6) is 0 Å². The van der Waals surface area contributed by atoms with Gasteiger partial charge in [-0.05, 0) is 61.0 Å². The van der Waals surface area contributed by atoms with Crippen LogP contribution in [0.2, 0.25) is 0 Å². The van der Waals surface area contributed by atoms with Crippen LogP contribution in [0, 0.1) is 13.8 Å². The molecule has 0 aromatic heterocycles. The van der Waals surface area contributed by atoms with Crippen LogP contribution in [0.15, 0.2) is 63.1 Å². The predicted octanol–water partition coefficient (Wildman–Crippen LogP) is 4.71. The SMILES string of the molecule is Cc1cccc(C)c1N1C2=C(N=CN(c3ccc(SC(F)(F)F)cc3)C2N)SC1N. The summed E-state index contributed by atoms with van der Waals surface area (Å²) in [5, 5.41) is 0.748. The molecule has 10 heteroatoms. The van der Waals surface area contributed by atoms with Gasteiger partial charge in [0.2, 0.25) is 0 Å². The fraction of sp³-hybridized carbons (Fsp3) is 0.250. The van der Waals surface area contributed by atoms with Gasteiger partial charge in [0.1, 0.15) is 16.7 Å². The summed E-state index contributed by atoms with van der Waals surface area (Å²) >= 11 is 1.28. The van der Waals surface area contributed by atoms with Crippen molar-refractivity contribution in [3.63, 3.8) is 0 Å². The first-order valence-corrected chi connectivity index (χ1v) is 10.8. The number of para-hydroxylation sites is 1. The van der Waals surface area contributed by atoms with Gasteiger partial charge in [-0.15, -0.1) is 0 Å². The van der Waals surface area contributed by atoms with Gasteiger partial charge in [-0.2, -0.15) is 13.2 Å². The summed E-state index contributed by atoms with van der Waals surface area (Å²) < 4.78 is 37.8. The lowest BCUT2D eigenvalue weighted by Crippen LogP contribution is -2.50. The van der Waals surface area contributed by atoms with Gasteiger partial charge >= 0.3 is 5.51 Å². The number of alkyl halides is 3. The quantitative estimate of drug-likeness (QED) is 0.659. The summed E-state index contributed by atoms with van der Waals surface area (Å²) in [4.78, 5) is 8.38. The van der Waals surface area contributed by atoms with Crippen LogP contribution in [0.1, 0.15) is 11.1 Å². The average molecular weight is 452 g/mol. The molecule has 5 nitrogen and oxygen atoms in total. The fourth-order valence-corrected chi connectivity index (χ4v) is 5.17. The van der Waals surface area contributed by atoms with Gasteiger partial charge in [0.05, 0.1) is 12.0 Å². The van der Waals surface area contributed by atoms with Crippen molar-refractivity contribution in [3.8, 4) is 0 Å². The summed E-state index contributed by atoms with van der Waals surface area (Å²) in [6.07, 6.45) is 1.02. The minimum absolute atomic E-state index is 0.115. The van der Waals surface area contributed by atoms with E-state index in [0.29, 0.717) is 5.69 Å². The van der Waals surface area contributed by atoms with E-state index in [9.17, 15) is 13.2 Å². The van der Waals surface area contributed by atoms with E-state index in [4.69, 9.17) is 11.5 Å². The highest BCUT2D eigenvalue weighted by Gasteiger charge is 2.40. The molecule has 2 heterocycles. The van der Waals surface area contributed by atoms with Crippen LogP contribution in [0.25, 0.3) is 0 Å². The van der Waals surface area contributed by atoms with Gasteiger partial charge in [0, 0.05) is 16.3 Å². The van der Waals surface area contributed by atoms with E-state index in [1.165, 1.54) is 23.9 Å². The second kappa shape index (κ2) is 7.84. The molecular formula is C20H20F3N5S2. The van der Waals surface area contributed by atoms with E-state index >= 15 is 0 Å². The first-order valence-electron chi connectivity index (χ1n) is 9.11. The molecule has 4 rings (SSSR count). The van der Waals surface area contributed by atoms with Crippen LogP contribution in [0.4, 0.5) is 24.5 Å². The molecule has 0 saturated carbocycles. The van der Waals surface area contributed by atoms with Crippen molar-refractivity contribution in [1.29, 1.82) is 0 Å². The molecule has 2 aromatic carbocycles. The van der Waals surface area contributed by atoms with Gasteiger partial charge < -0.3 is 21.3 Å². The van der Waals surface area contributed by atoms with Crippen molar-refractivity contribution < 1.29 is 13.2 Å². The molecular weight excluding hydrogens is 431 g/mol. The Hall–Kier alpha value is -2.14. The van der Waals surface area contributed by atoms with Gasteiger partial charge in [0.15, 0.2) is 0 Å². The van der Waals surface area contributed by atoms with Crippen molar-refractivity contribution >= 4 is 41.2 Å². The van der Waals surface area contributed by atoms with E-state index in [1.807, 2.05) is 36.9 Å². The number of nitrogens with two attached hydrogens (primary N) is 2. The lowest BCUT2D eigenvalue weighted by Gasteiger charge is -2.36. The number of halogens is 3. The lowest BCUT2D eigenvalue weighted by molar-refractivity contribution is -0.0328. The number of hydrogen-bond acceptors (Lipinski definition) is 7. The third-order valence-electron chi connectivity index (χ3n) is 4.89. The van der Waals surface area contributed by atoms with Crippen molar-refractivity contribution in [2.45, 2.75) is 35.9 Å². The maximum atomic E-state index is 12.6. The van der Waals surface area contributed by atoms with E-state index < -0.39 is 11.7 Å². The zero-order chi connectivity index (χ0) is 21.6. The zero-order valence-corrected chi connectivity index (χ0v) is 17.9. The molecule has 0 amide bonds. The lowest BCUT2D eigenvalue weighted by atomic mass is 10.1. The molecule has 2 aliphatic rings. The van der Waals surface area contributed by atoms with E-state index in [2.05, 4.69) is 4.99 Å². The number of rotatable bonds is 3. The highest BCUT2D eigenvalue weighted by Crippen LogP contribution is 2.45. The Kier molecular flexibility index (Phi) is 5.52. The third kappa shape index (κ3) is 3.92. The fourth-order valence-electron chi connectivity index (χ4n) is 3.63. The Balaban J connectivity index is 1.65. The van der Waals surface area contributed by atoms with E-state index in [0.717, 1.165) is 27.5 Å². The highest BCUT2D eigenvalue weighted by atomic mass is 32.2. The molecule has 4 N–H and O–H groups in total. The molecule has 0 bridgehead atoms. The van der Waals surface area contributed by atoms with Crippen molar-refractivity contribution in [2.24, 2.45) is 16.5 Å². The number of aliphatic imine (C=N–C) groups is 1. The molecule has 0 fully saturated rings. The van der Waals surface area contributed by atoms with Crippen LogP contribution < -0.4 is 21.3 Å². The summed E-state index contributed by atoms with van der Waals surface area (Å²) in [6.45, 7) is 4.04. The minimum atomic E-state index is -4.33. The number of aryl methyl sites for hydroxylation is 2. The smallest absolute Gasteiger partial charge is 0.314 e. The number of thioether (sulfide) groups is 2. The molecule has 0 spiro atoms. The van der Waals surface area contributed by atoms with E-state index in [-0.39, 0.29) is 22.2 Å². The summed E-state index contributed by atoms with van der Waals surface area (Å²) in [5.74, 6) is 0. The Morgan fingerprint density at radius 2 is 1.67 bits per heavy atom. The first-order chi connectivity index (χ1) is 14.2. The Morgan fingerprint density at radius 1 is 1.03 bits per heavy atom. The summed E-state index contributed by atoms with van der Waals surface area (Å²) in [6, 6.07) is 12.1. The van der Waals surface area contributed by atoms with Gasteiger partial charge in [-0.3, -0.25) is 0 Å². The average Bonchev–Trinajstić information content (AvgIpc) is 2.98. The predicted molar refractivity (Wildman–Crippen MR) is 118 cm³/mol. The van der Waals surface area contributed by atoms with Crippen molar-refractivity contribution in [2.75, 3.05) is 9.80 Å². The molecule has 2 atom stereocenters. The maximum Gasteiger partial charge on any atom is 0.446 e. The van der Waals surface area contributed by atoms with Crippen LogP contribution in [-0.4, -0.2) is 23.5 Å². The normalized spacial score (nSPS) is 21.4. The Morgan fingerprint density at radius 3 is 2.27 bits per heavy atom. The molecule has 158 valence electrons. The molecule has 0 aliphatic carbocycles. The molecule has 0 saturated heterocycles. The third-order valence-corrected chi connectivity index (χ3v) is 6.62. The van der Waals surface area contributed by atoms with Gasteiger partial charge in [0.25, 0.3) is 0 Å². The summed E-state index contributed by atoms with van der Waals surface area (Å²) in [7, 11) is 0. The molecule has 2 aliphatic heterocycles. The minimum Gasteiger partial charge on any atom is -0.314 e. The van der Waals surface area contributed by atoms with Crippen molar-refractivity contribution in [1.82, 2.24) is 0 Å². The van der Waals surface area contributed by atoms with Gasteiger partial charge in [-0.25, -0.2) is 4.99 Å². The van der Waals surface area contributed by atoms with Crippen LogP contribution in [0.3, 0.4) is 0 Å². The highest BCUT2D eigenvalue weighted by molar-refractivity contribution is 8.04. The zero-order valence-electron chi connectivity index (χ0n) is 16.2. The molecule has 2 unspecified atom stereocenters. The maximum absolute atomic E-state index is 12.6. The Bertz CT molecular complexity index is 1000.